The molecule has 0 bridgehead atoms. The van der Waals surface area contributed by atoms with Crippen LogP contribution in [-0.4, -0.2) is 39.9 Å². The minimum atomic E-state index is -4.56. The summed E-state index contributed by atoms with van der Waals surface area (Å²) in [5.41, 5.74) is 0.500. The molecular weight excluding hydrogens is 375 g/mol. The molecule has 2 heterocycles. The fourth-order valence-electron chi connectivity index (χ4n) is 3.95. The summed E-state index contributed by atoms with van der Waals surface area (Å²) >= 11 is 0. The van der Waals surface area contributed by atoms with Crippen LogP contribution in [0.25, 0.3) is 11.0 Å². The van der Waals surface area contributed by atoms with Crippen LogP contribution >= 0.6 is 0 Å². The average molecular weight is 395 g/mol. The van der Waals surface area contributed by atoms with Gasteiger partial charge in [0, 0.05) is 18.2 Å². The molecule has 1 aliphatic heterocycles. The molecule has 2 amide bonds. The van der Waals surface area contributed by atoms with Crippen LogP contribution in [0.15, 0.2) is 18.2 Å². The maximum Gasteiger partial charge on any atom is 0.449 e. The standard InChI is InChI=1S/C18H20F3N5O2/c19-18(20,21)16-24-11-3-2-10(8-12(11)25-16)23-15(28)9-22-13-4-5-14(27)26-17(13)6-1-7-17/h2-3,8,13,22H,1,4-7,9H2,(H,23,28)(H,24,25)(H,26,27). The number of hydrogen-bond donors (Lipinski definition) is 4. The van der Waals surface area contributed by atoms with Crippen LogP contribution in [-0.2, 0) is 15.8 Å². The number of imidazole rings is 1. The SMILES string of the molecule is O=C(CNC1CCC(=O)NC12CCC2)Nc1ccc2nc(C(F)(F)F)[nH]c2c1. The maximum absolute atomic E-state index is 12.7. The molecule has 0 radical (unpaired) electrons. The van der Waals surface area contributed by atoms with E-state index in [1.165, 1.54) is 18.2 Å². The number of carbonyl (C=O) groups excluding carboxylic acids is 2. The van der Waals surface area contributed by atoms with Crippen LogP contribution in [0.5, 0.6) is 0 Å². The highest BCUT2D eigenvalue weighted by Gasteiger charge is 2.47. The molecule has 7 nitrogen and oxygen atoms in total. The van der Waals surface area contributed by atoms with E-state index in [9.17, 15) is 22.8 Å². The zero-order chi connectivity index (χ0) is 19.9. The summed E-state index contributed by atoms with van der Waals surface area (Å²) in [6, 6.07) is 4.39. The molecule has 4 rings (SSSR count). The number of aromatic amines is 1. The molecule has 2 aromatic rings. The number of aromatic nitrogens is 2. The smallest absolute Gasteiger partial charge is 0.349 e. The minimum Gasteiger partial charge on any atom is -0.349 e. The van der Waals surface area contributed by atoms with Crippen LogP contribution in [0.1, 0.15) is 37.9 Å². The Labute approximate surface area is 158 Å². The molecular formula is C18H20F3N5O2. The van der Waals surface area contributed by atoms with E-state index in [0.717, 1.165) is 19.3 Å². The van der Waals surface area contributed by atoms with Crippen molar-refractivity contribution < 1.29 is 22.8 Å². The summed E-state index contributed by atoms with van der Waals surface area (Å²) in [5.74, 6) is -1.33. The molecule has 1 atom stereocenters. The maximum atomic E-state index is 12.7. The van der Waals surface area contributed by atoms with Crippen molar-refractivity contribution in [1.82, 2.24) is 20.6 Å². The number of fused-ring (bicyclic) bond motifs is 1. The van der Waals surface area contributed by atoms with E-state index in [4.69, 9.17) is 0 Å². The van der Waals surface area contributed by atoms with Crippen LogP contribution in [0, 0.1) is 0 Å². The Bertz CT molecular complexity index is 920. The first-order valence-corrected chi connectivity index (χ1v) is 9.16. The lowest BCUT2D eigenvalue weighted by Crippen LogP contribution is -2.68. The molecule has 1 aliphatic carbocycles. The fourth-order valence-corrected chi connectivity index (χ4v) is 3.95. The average Bonchev–Trinajstić information content (AvgIpc) is 3.03. The molecule has 1 aromatic heterocycles. The number of halogens is 3. The quantitative estimate of drug-likeness (QED) is 0.639. The highest BCUT2D eigenvalue weighted by molar-refractivity contribution is 5.94. The number of nitrogens with one attached hydrogen (secondary N) is 4. The van der Waals surface area contributed by atoms with E-state index in [2.05, 4.69) is 25.9 Å². The second-order valence-corrected chi connectivity index (χ2v) is 7.39. The monoisotopic (exact) mass is 395 g/mol. The summed E-state index contributed by atoms with van der Waals surface area (Å²) in [4.78, 5) is 29.7. The van der Waals surface area contributed by atoms with Crippen molar-refractivity contribution in [3.63, 3.8) is 0 Å². The Hall–Kier alpha value is -2.62. The third-order valence-corrected chi connectivity index (χ3v) is 5.50. The van der Waals surface area contributed by atoms with Gasteiger partial charge in [-0.2, -0.15) is 13.2 Å². The zero-order valence-corrected chi connectivity index (χ0v) is 14.9. The van der Waals surface area contributed by atoms with E-state index in [1.807, 2.05) is 0 Å². The van der Waals surface area contributed by atoms with E-state index in [0.29, 0.717) is 18.5 Å². The summed E-state index contributed by atoms with van der Waals surface area (Å²) in [5, 5.41) is 8.95. The van der Waals surface area contributed by atoms with Gasteiger partial charge in [0.15, 0.2) is 0 Å². The van der Waals surface area contributed by atoms with Gasteiger partial charge in [-0.05, 0) is 43.9 Å². The molecule has 1 unspecified atom stereocenters. The predicted octanol–water partition coefficient (Wildman–Crippen LogP) is 2.31. The van der Waals surface area contributed by atoms with Gasteiger partial charge in [0.25, 0.3) is 0 Å². The Morgan fingerprint density at radius 1 is 1.32 bits per heavy atom. The zero-order valence-electron chi connectivity index (χ0n) is 14.9. The Morgan fingerprint density at radius 3 is 2.79 bits per heavy atom. The van der Waals surface area contributed by atoms with Crippen molar-refractivity contribution in [1.29, 1.82) is 0 Å². The van der Waals surface area contributed by atoms with Crippen LogP contribution in [0.3, 0.4) is 0 Å². The number of benzene rings is 1. The predicted molar refractivity (Wildman–Crippen MR) is 95.5 cm³/mol. The number of anilines is 1. The number of alkyl halides is 3. The summed E-state index contributed by atoms with van der Waals surface area (Å²) < 4.78 is 38.2. The number of carbonyl (C=O) groups is 2. The minimum absolute atomic E-state index is 0.0362. The summed E-state index contributed by atoms with van der Waals surface area (Å²) in [6.07, 6.45) is -0.599. The molecule has 1 aromatic carbocycles. The molecule has 28 heavy (non-hydrogen) atoms. The van der Waals surface area contributed by atoms with E-state index in [-0.39, 0.29) is 41.0 Å². The topological polar surface area (TPSA) is 98.9 Å². The van der Waals surface area contributed by atoms with Crippen LogP contribution < -0.4 is 16.0 Å². The molecule has 4 N–H and O–H groups in total. The first-order valence-electron chi connectivity index (χ1n) is 9.16. The number of amides is 2. The fraction of sp³-hybridized carbons (Fsp3) is 0.500. The number of piperidine rings is 1. The van der Waals surface area contributed by atoms with Gasteiger partial charge in [-0.3, -0.25) is 9.59 Å². The summed E-state index contributed by atoms with van der Waals surface area (Å²) in [6.45, 7) is 0.0527. The van der Waals surface area contributed by atoms with E-state index >= 15 is 0 Å². The molecule has 10 heteroatoms. The lowest BCUT2D eigenvalue weighted by Gasteiger charge is -2.51. The second kappa shape index (κ2) is 6.77. The largest absolute Gasteiger partial charge is 0.449 e. The van der Waals surface area contributed by atoms with Gasteiger partial charge in [0.1, 0.15) is 0 Å². The van der Waals surface area contributed by atoms with Crippen molar-refractivity contribution in [2.45, 2.75) is 49.9 Å². The Morgan fingerprint density at radius 2 is 2.11 bits per heavy atom. The number of hydrogen-bond acceptors (Lipinski definition) is 4. The molecule has 2 fully saturated rings. The van der Waals surface area contributed by atoms with Crippen LogP contribution in [0.2, 0.25) is 0 Å². The molecule has 150 valence electrons. The lowest BCUT2D eigenvalue weighted by molar-refractivity contribution is -0.144. The van der Waals surface area contributed by atoms with Crippen molar-refractivity contribution in [3.05, 3.63) is 24.0 Å². The van der Waals surface area contributed by atoms with Gasteiger partial charge < -0.3 is 20.9 Å². The van der Waals surface area contributed by atoms with E-state index in [1.54, 1.807) is 0 Å². The van der Waals surface area contributed by atoms with Crippen molar-refractivity contribution in [3.8, 4) is 0 Å². The van der Waals surface area contributed by atoms with Gasteiger partial charge in [-0.1, -0.05) is 0 Å². The third-order valence-electron chi connectivity index (χ3n) is 5.50. The molecule has 2 aliphatic rings. The van der Waals surface area contributed by atoms with Gasteiger partial charge in [-0.25, -0.2) is 4.98 Å². The third kappa shape index (κ3) is 3.56. The van der Waals surface area contributed by atoms with Crippen molar-refractivity contribution in [2.24, 2.45) is 0 Å². The first kappa shape index (κ1) is 18.7. The number of nitrogens with zero attached hydrogens (tertiary/aromatic N) is 1. The lowest BCUT2D eigenvalue weighted by atomic mass is 9.68. The number of H-pyrrole nitrogens is 1. The highest BCUT2D eigenvalue weighted by atomic mass is 19.4. The highest BCUT2D eigenvalue weighted by Crippen LogP contribution is 2.38. The Balaban J connectivity index is 1.38. The normalized spacial score (nSPS) is 21.4. The first-order chi connectivity index (χ1) is 13.2. The van der Waals surface area contributed by atoms with Gasteiger partial charge in [0.2, 0.25) is 17.6 Å². The second-order valence-electron chi connectivity index (χ2n) is 7.39. The van der Waals surface area contributed by atoms with Gasteiger partial charge in [-0.15, -0.1) is 0 Å². The van der Waals surface area contributed by atoms with E-state index < -0.39 is 12.0 Å². The number of rotatable bonds is 4. The molecule has 1 saturated heterocycles. The van der Waals surface area contributed by atoms with Crippen molar-refractivity contribution in [2.75, 3.05) is 11.9 Å². The molecule has 1 saturated carbocycles. The van der Waals surface area contributed by atoms with Crippen molar-refractivity contribution >= 4 is 28.5 Å². The van der Waals surface area contributed by atoms with Gasteiger partial charge in [0.05, 0.1) is 23.1 Å². The summed E-state index contributed by atoms with van der Waals surface area (Å²) in [7, 11) is 0. The molecule has 1 spiro atoms. The van der Waals surface area contributed by atoms with Gasteiger partial charge >= 0.3 is 6.18 Å². The van der Waals surface area contributed by atoms with Crippen LogP contribution in [0.4, 0.5) is 18.9 Å². The Kier molecular flexibility index (Phi) is 4.53.